The Bertz CT molecular complexity index is 661. The Kier molecular flexibility index (Phi) is 5.77. The van der Waals surface area contributed by atoms with Crippen molar-refractivity contribution in [1.29, 1.82) is 0 Å². The Hall–Kier alpha value is -1.88. The molecule has 1 aromatic carbocycles. The lowest BCUT2D eigenvalue weighted by molar-refractivity contribution is -0.147. The second-order valence-corrected chi connectivity index (χ2v) is 6.65. The van der Waals surface area contributed by atoms with Gasteiger partial charge in [0.1, 0.15) is 11.9 Å². The highest BCUT2D eigenvalue weighted by Gasteiger charge is 2.22. The van der Waals surface area contributed by atoms with Crippen molar-refractivity contribution in [3.63, 3.8) is 0 Å². The van der Waals surface area contributed by atoms with Crippen molar-refractivity contribution in [3.05, 3.63) is 30.1 Å². The minimum atomic E-state index is -0.385. The van der Waals surface area contributed by atoms with Gasteiger partial charge in [-0.05, 0) is 45.5 Å². The van der Waals surface area contributed by atoms with E-state index in [4.69, 9.17) is 4.74 Å². The Balaban J connectivity index is 2.26. The molecule has 1 unspecified atom stereocenters. The van der Waals surface area contributed by atoms with Crippen LogP contribution in [-0.2, 0) is 16.1 Å². The molecule has 1 heterocycles. The lowest BCUT2D eigenvalue weighted by Crippen LogP contribution is -2.24. The molecule has 1 aromatic heterocycles. The molecule has 2 aromatic rings. The summed E-state index contributed by atoms with van der Waals surface area (Å²) >= 11 is 0. The third-order valence-electron chi connectivity index (χ3n) is 3.79. The number of hydrogen-bond donors (Lipinski definition) is 0. The number of nitrogens with zero attached hydrogens (tertiary/aromatic N) is 3. The highest BCUT2D eigenvalue weighted by molar-refractivity contribution is 5.81. The molecule has 5 heteroatoms. The lowest BCUT2D eigenvalue weighted by Gasteiger charge is -2.18. The third kappa shape index (κ3) is 4.32. The minimum absolute atomic E-state index is 0.200. The van der Waals surface area contributed by atoms with E-state index < -0.39 is 0 Å². The predicted molar refractivity (Wildman–Crippen MR) is 92.2 cm³/mol. The zero-order valence-electron chi connectivity index (χ0n) is 14.7. The number of ether oxygens (including phenoxy) is 1. The molecule has 0 N–H and O–H groups in total. The van der Waals surface area contributed by atoms with Gasteiger partial charge in [0, 0.05) is 0 Å². The summed E-state index contributed by atoms with van der Waals surface area (Å²) in [5, 5.41) is 0. The van der Waals surface area contributed by atoms with Gasteiger partial charge in [0.05, 0.1) is 24.2 Å². The molecule has 0 aliphatic rings. The largest absolute Gasteiger partial charge is 0.464 e. The number of para-hydroxylation sites is 2. The Labute approximate surface area is 138 Å². The fraction of sp³-hybridized carbons (Fsp3) is 0.556. The molecule has 0 spiro atoms. The van der Waals surface area contributed by atoms with Crippen LogP contribution in [0.4, 0.5) is 0 Å². The number of imidazole rings is 1. The molecule has 5 nitrogen and oxygen atoms in total. The molecule has 0 aliphatic heterocycles. The average molecular weight is 317 g/mol. The summed E-state index contributed by atoms with van der Waals surface area (Å²) in [5.74, 6) is 1.20. The molecule has 2 rings (SSSR count). The van der Waals surface area contributed by atoms with Crippen molar-refractivity contribution in [3.8, 4) is 0 Å². The molecule has 0 aliphatic carbocycles. The van der Waals surface area contributed by atoms with Gasteiger partial charge in [-0.15, -0.1) is 0 Å². The molecule has 0 saturated heterocycles. The van der Waals surface area contributed by atoms with Crippen molar-refractivity contribution in [2.24, 2.45) is 5.92 Å². The van der Waals surface area contributed by atoms with Crippen molar-refractivity contribution >= 4 is 17.0 Å². The molecular formula is C18H27N3O2. The molecule has 0 saturated carbocycles. The third-order valence-corrected chi connectivity index (χ3v) is 3.79. The number of hydrogen-bond acceptors (Lipinski definition) is 4. The number of carbonyl (C=O) groups excluding carboxylic acids is 1. The second kappa shape index (κ2) is 7.59. The fourth-order valence-electron chi connectivity index (χ4n) is 2.54. The molecule has 126 valence electrons. The summed E-state index contributed by atoms with van der Waals surface area (Å²) in [7, 11) is 3.99. The zero-order valence-corrected chi connectivity index (χ0v) is 14.7. The van der Waals surface area contributed by atoms with Crippen molar-refractivity contribution in [2.75, 3.05) is 20.7 Å². The fourth-order valence-corrected chi connectivity index (χ4v) is 2.54. The van der Waals surface area contributed by atoms with Gasteiger partial charge >= 0.3 is 5.97 Å². The molecular weight excluding hydrogens is 290 g/mol. The number of fused-ring (bicyclic) bond motifs is 1. The van der Waals surface area contributed by atoms with E-state index in [-0.39, 0.29) is 12.0 Å². The summed E-state index contributed by atoms with van der Waals surface area (Å²) in [5.41, 5.74) is 1.88. The summed E-state index contributed by atoms with van der Waals surface area (Å²) < 4.78 is 7.44. The highest BCUT2D eigenvalue weighted by Crippen LogP contribution is 2.23. The quantitative estimate of drug-likeness (QED) is 0.736. The topological polar surface area (TPSA) is 47.4 Å². The van der Waals surface area contributed by atoms with E-state index >= 15 is 0 Å². The summed E-state index contributed by atoms with van der Waals surface area (Å²) in [4.78, 5) is 19.1. The van der Waals surface area contributed by atoms with Gasteiger partial charge in [-0.2, -0.15) is 0 Å². The van der Waals surface area contributed by atoms with Gasteiger partial charge in [-0.1, -0.05) is 26.0 Å². The average Bonchev–Trinajstić information content (AvgIpc) is 2.82. The molecule has 1 atom stereocenters. The smallest absolute Gasteiger partial charge is 0.328 e. The normalized spacial score (nSPS) is 13.0. The van der Waals surface area contributed by atoms with Gasteiger partial charge in [0.2, 0.25) is 0 Å². The van der Waals surface area contributed by atoms with Gasteiger partial charge in [0.25, 0.3) is 0 Å². The van der Waals surface area contributed by atoms with Crippen LogP contribution in [0.1, 0.15) is 39.1 Å². The van der Waals surface area contributed by atoms with E-state index in [9.17, 15) is 4.79 Å². The standard InChI is InChI=1S/C18H27N3O2/c1-13(2)10-11-23-18(22)14(3)21-16-9-7-6-8-15(16)19-17(21)12-20(4)5/h6-9,13-14H,10-12H2,1-5H3. The van der Waals surface area contributed by atoms with Crippen LogP contribution in [0.25, 0.3) is 11.0 Å². The number of aromatic nitrogens is 2. The summed E-state index contributed by atoms with van der Waals surface area (Å²) in [6, 6.07) is 7.52. The van der Waals surface area contributed by atoms with E-state index in [1.807, 2.05) is 49.9 Å². The summed E-state index contributed by atoms with van der Waals surface area (Å²) in [6.07, 6.45) is 0.883. The van der Waals surface area contributed by atoms with Crippen LogP contribution >= 0.6 is 0 Å². The van der Waals surface area contributed by atoms with E-state index in [2.05, 4.69) is 23.7 Å². The van der Waals surface area contributed by atoms with Crippen molar-refractivity contribution < 1.29 is 9.53 Å². The van der Waals surface area contributed by atoms with Gasteiger partial charge in [-0.25, -0.2) is 9.78 Å². The van der Waals surface area contributed by atoms with E-state index in [0.29, 0.717) is 19.1 Å². The molecule has 0 amide bonds. The zero-order chi connectivity index (χ0) is 17.0. The highest BCUT2D eigenvalue weighted by atomic mass is 16.5. The van der Waals surface area contributed by atoms with Gasteiger partial charge in [-0.3, -0.25) is 0 Å². The van der Waals surface area contributed by atoms with Crippen LogP contribution in [0.15, 0.2) is 24.3 Å². The summed E-state index contributed by atoms with van der Waals surface area (Å²) in [6.45, 7) is 7.27. The first kappa shape index (κ1) is 17.5. The van der Waals surface area contributed by atoms with Crippen LogP contribution in [-0.4, -0.2) is 41.1 Å². The molecule has 0 bridgehead atoms. The number of rotatable bonds is 7. The van der Waals surface area contributed by atoms with Crippen molar-refractivity contribution in [1.82, 2.24) is 14.5 Å². The van der Waals surface area contributed by atoms with Gasteiger partial charge in [0.15, 0.2) is 0 Å². The van der Waals surface area contributed by atoms with E-state index in [1.165, 1.54) is 0 Å². The Morgan fingerprint density at radius 1 is 1.26 bits per heavy atom. The minimum Gasteiger partial charge on any atom is -0.464 e. The van der Waals surface area contributed by atoms with E-state index in [0.717, 1.165) is 23.3 Å². The molecule has 23 heavy (non-hydrogen) atoms. The first-order valence-electron chi connectivity index (χ1n) is 8.17. The predicted octanol–water partition coefficient (Wildman–Crippen LogP) is 3.25. The maximum atomic E-state index is 12.4. The van der Waals surface area contributed by atoms with Crippen LogP contribution < -0.4 is 0 Å². The monoisotopic (exact) mass is 317 g/mol. The van der Waals surface area contributed by atoms with Crippen molar-refractivity contribution in [2.45, 2.75) is 39.8 Å². The lowest BCUT2D eigenvalue weighted by atomic mass is 10.1. The molecule has 0 fully saturated rings. The first-order valence-corrected chi connectivity index (χ1v) is 8.17. The van der Waals surface area contributed by atoms with Crippen LogP contribution in [0.2, 0.25) is 0 Å². The Morgan fingerprint density at radius 3 is 2.61 bits per heavy atom. The SMILES string of the molecule is CC(C)CCOC(=O)C(C)n1c(CN(C)C)nc2ccccc21. The maximum absolute atomic E-state index is 12.4. The Morgan fingerprint density at radius 2 is 1.96 bits per heavy atom. The van der Waals surface area contributed by atoms with E-state index in [1.54, 1.807) is 0 Å². The number of esters is 1. The number of carbonyl (C=O) groups is 1. The first-order chi connectivity index (χ1) is 10.9. The second-order valence-electron chi connectivity index (χ2n) is 6.65. The number of benzene rings is 1. The van der Waals surface area contributed by atoms with Crippen LogP contribution in [0, 0.1) is 5.92 Å². The maximum Gasteiger partial charge on any atom is 0.328 e. The van der Waals surface area contributed by atoms with Gasteiger partial charge < -0.3 is 14.2 Å². The van der Waals surface area contributed by atoms with Crippen LogP contribution in [0.3, 0.4) is 0 Å². The van der Waals surface area contributed by atoms with Crippen LogP contribution in [0.5, 0.6) is 0 Å². The molecule has 0 radical (unpaired) electrons.